The lowest BCUT2D eigenvalue weighted by molar-refractivity contribution is -0.117. The number of carbonyl (C=O) groups is 1. The van der Waals surface area contributed by atoms with Gasteiger partial charge in [0.2, 0.25) is 5.91 Å². The molecule has 0 unspecified atom stereocenters. The summed E-state index contributed by atoms with van der Waals surface area (Å²) >= 11 is 6.03. The van der Waals surface area contributed by atoms with Gasteiger partial charge in [0.25, 0.3) is 0 Å². The zero-order valence-electron chi connectivity index (χ0n) is 16.1. The molecule has 1 aliphatic rings. The molecule has 0 aliphatic carbocycles. The molecule has 0 saturated carbocycles. The first-order valence-electron chi connectivity index (χ1n) is 9.84. The Kier molecular flexibility index (Phi) is 4.75. The van der Waals surface area contributed by atoms with E-state index in [0.29, 0.717) is 30.2 Å². The predicted molar refractivity (Wildman–Crippen MR) is 116 cm³/mol. The van der Waals surface area contributed by atoms with E-state index in [-0.39, 0.29) is 17.6 Å². The number of benzene rings is 3. The molecule has 1 fully saturated rings. The Morgan fingerprint density at radius 2 is 1.73 bits per heavy atom. The number of aromatic nitrogens is 2. The molecule has 0 radical (unpaired) electrons. The number of nitrogens with zero attached hydrogens (tertiary/aromatic N) is 3. The van der Waals surface area contributed by atoms with Crippen molar-refractivity contribution in [2.75, 3.05) is 11.4 Å². The molecule has 4 aromatic rings. The maximum absolute atomic E-state index is 14.3. The van der Waals surface area contributed by atoms with Crippen LogP contribution in [0.15, 0.2) is 72.8 Å². The van der Waals surface area contributed by atoms with E-state index in [1.165, 1.54) is 11.0 Å². The minimum Gasteiger partial charge on any atom is -0.323 e. The molecular formula is C24H19ClFN3O. The van der Waals surface area contributed by atoms with Crippen LogP contribution in [0.1, 0.15) is 23.7 Å². The third-order valence-electron chi connectivity index (χ3n) is 5.57. The summed E-state index contributed by atoms with van der Waals surface area (Å²) in [5.41, 5.74) is 3.32. The lowest BCUT2D eigenvalue weighted by Gasteiger charge is -2.18. The molecule has 1 amide bonds. The van der Waals surface area contributed by atoms with E-state index in [1.54, 1.807) is 18.2 Å². The van der Waals surface area contributed by atoms with E-state index in [4.69, 9.17) is 16.6 Å². The molecule has 6 heteroatoms. The van der Waals surface area contributed by atoms with Gasteiger partial charge in [-0.25, -0.2) is 9.37 Å². The van der Waals surface area contributed by atoms with Crippen molar-refractivity contribution in [3.63, 3.8) is 0 Å². The molecule has 1 saturated heterocycles. The Morgan fingerprint density at radius 3 is 2.53 bits per heavy atom. The van der Waals surface area contributed by atoms with Crippen LogP contribution in [0.25, 0.3) is 11.0 Å². The third-order valence-corrected chi connectivity index (χ3v) is 5.82. The van der Waals surface area contributed by atoms with Crippen molar-refractivity contribution in [2.24, 2.45) is 0 Å². The van der Waals surface area contributed by atoms with Crippen LogP contribution in [0.3, 0.4) is 0 Å². The molecule has 150 valence electrons. The number of imidazole rings is 1. The average molecular weight is 420 g/mol. The van der Waals surface area contributed by atoms with Crippen molar-refractivity contribution < 1.29 is 9.18 Å². The molecule has 0 N–H and O–H groups in total. The molecule has 1 atom stereocenters. The monoisotopic (exact) mass is 419 g/mol. The number of anilines is 1. The molecule has 30 heavy (non-hydrogen) atoms. The van der Waals surface area contributed by atoms with Crippen molar-refractivity contribution in [1.82, 2.24) is 9.55 Å². The third kappa shape index (κ3) is 3.35. The van der Waals surface area contributed by atoms with Crippen LogP contribution in [0.4, 0.5) is 10.1 Å². The van der Waals surface area contributed by atoms with Crippen LogP contribution in [-0.4, -0.2) is 22.0 Å². The van der Waals surface area contributed by atoms with Gasteiger partial charge >= 0.3 is 0 Å². The highest BCUT2D eigenvalue weighted by atomic mass is 35.5. The van der Waals surface area contributed by atoms with Crippen molar-refractivity contribution in [1.29, 1.82) is 0 Å². The van der Waals surface area contributed by atoms with Gasteiger partial charge in [0, 0.05) is 30.5 Å². The van der Waals surface area contributed by atoms with Crippen LogP contribution in [0, 0.1) is 5.82 Å². The summed E-state index contributed by atoms with van der Waals surface area (Å²) in [4.78, 5) is 19.1. The summed E-state index contributed by atoms with van der Waals surface area (Å²) in [6, 6.07) is 22.1. The van der Waals surface area contributed by atoms with E-state index in [0.717, 1.165) is 22.4 Å². The Hall–Kier alpha value is -3.18. The maximum Gasteiger partial charge on any atom is 0.227 e. The van der Waals surface area contributed by atoms with E-state index < -0.39 is 0 Å². The van der Waals surface area contributed by atoms with Gasteiger partial charge in [-0.3, -0.25) is 4.79 Å². The second-order valence-electron chi connectivity index (χ2n) is 7.53. The van der Waals surface area contributed by atoms with Crippen LogP contribution < -0.4 is 4.90 Å². The van der Waals surface area contributed by atoms with Gasteiger partial charge in [0.15, 0.2) is 0 Å². The van der Waals surface area contributed by atoms with Gasteiger partial charge in [0.1, 0.15) is 11.6 Å². The fraction of sp³-hybridized carbons (Fsp3) is 0.167. The standard InChI is InChI=1S/C24H19ClFN3O/c25-18-11-9-16(10-12-18)14-29-22-8-4-2-6-20(22)27-24(29)17-13-23(30)28(15-17)21-7-3-1-5-19(21)26/h1-12,17H,13-15H2/t17-/m0/s1. The molecule has 0 spiro atoms. The van der Waals surface area contributed by atoms with Crippen molar-refractivity contribution >= 4 is 34.2 Å². The maximum atomic E-state index is 14.3. The first-order chi connectivity index (χ1) is 14.6. The van der Waals surface area contributed by atoms with Crippen LogP contribution in [0.2, 0.25) is 5.02 Å². The number of rotatable bonds is 4. The van der Waals surface area contributed by atoms with Crippen LogP contribution in [0.5, 0.6) is 0 Å². The molecule has 0 bridgehead atoms. The van der Waals surface area contributed by atoms with Gasteiger partial charge in [0.05, 0.1) is 16.7 Å². The van der Waals surface area contributed by atoms with E-state index >= 15 is 0 Å². The lowest BCUT2D eigenvalue weighted by atomic mass is 10.1. The van der Waals surface area contributed by atoms with E-state index in [1.807, 2.05) is 48.5 Å². The molecule has 1 aromatic heterocycles. The minimum absolute atomic E-state index is 0.0878. The summed E-state index contributed by atoms with van der Waals surface area (Å²) in [7, 11) is 0. The van der Waals surface area contributed by atoms with Crippen molar-refractivity contribution in [3.8, 4) is 0 Å². The molecule has 1 aliphatic heterocycles. The Bertz CT molecular complexity index is 1230. The number of para-hydroxylation sites is 3. The summed E-state index contributed by atoms with van der Waals surface area (Å²) in [6.45, 7) is 1.03. The van der Waals surface area contributed by atoms with E-state index in [9.17, 15) is 9.18 Å². The fourth-order valence-corrected chi connectivity index (χ4v) is 4.25. The van der Waals surface area contributed by atoms with Crippen LogP contribution in [-0.2, 0) is 11.3 Å². The van der Waals surface area contributed by atoms with Crippen molar-refractivity contribution in [2.45, 2.75) is 18.9 Å². The second kappa shape index (κ2) is 7.58. The van der Waals surface area contributed by atoms with Gasteiger partial charge < -0.3 is 9.47 Å². The number of amides is 1. The minimum atomic E-state index is -0.388. The van der Waals surface area contributed by atoms with Gasteiger partial charge in [-0.15, -0.1) is 0 Å². The topological polar surface area (TPSA) is 38.1 Å². The average Bonchev–Trinajstić information content (AvgIpc) is 3.31. The first-order valence-corrected chi connectivity index (χ1v) is 10.2. The molecular weight excluding hydrogens is 401 g/mol. The summed E-state index contributed by atoms with van der Waals surface area (Å²) in [5.74, 6) is 0.256. The molecule has 3 aromatic carbocycles. The van der Waals surface area contributed by atoms with Gasteiger partial charge in [-0.1, -0.05) is 48.0 Å². The highest BCUT2D eigenvalue weighted by Crippen LogP contribution is 2.34. The zero-order chi connectivity index (χ0) is 20.7. The van der Waals surface area contributed by atoms with Gasteiger partial charge in [-0.2, -0.15) is 0 Å². The number of hydrogen-bond donors (Lipinski definition) is 0. The molecule has 4 nitrogen and oxygen atoms in total. The number of hydrogen-bond acceptors (Lipinski definition) is 2. The summed E-state index contributed by atoms with van der Waals surface area (Å²) in [6.07, 6.45) is 0.304. The summed E-state index contributed by atoms with van der Waals surface area (Å²) < 4.78 is 16.4. The van der Waals surface area contributed by atoms with Crippen molar-refractivity contribution in [3.05, 3.63) is 95.0 Å². The first kappa shape index (κ1) is 18.8. The SMILES string of the molecule is O=C1C[C@H](c2nc3ccccc3n2Cc2ccc(Cl)cc2)CN1c1ccccc1F. The molecule has 5 rings (SSSR count). The Labute approximate surface area is 178 Å². The Morgan fingerprint density at radius 1 is 1.00 bits per heavy atom. The quantitative estimate of drug-likeness (QED) is 0.444. The summed E-state index contributed by atoms with van der Waals surface area (Å²) in [5, 5.41) is 0.691. The largest absolute Gasteiger partial charge is 0.323 e. The Balaban J connectivity index is 1.53. The number of carbonyl (C=O) groups excluding carboxylic acids is 1. The number of fused-ring (bicyclic) bond motifs is 1. The lowest BCUT2D eigenvalue weighted by Crippen LogP contribution is -2.25. The highest BCUT2D eigenvalue weighted by molar-refractivity contribution is 6.30. The smallest absolute Gasteiger partial charge is 0.227 e. The highest BCUT2D eigenvalue weighted by Gasteiger charge is 2.35. The number of halogens is 2. The fourth-order valence-electron chi connectivity index (χ4n) is 4.13. The van der Waals surface area contributed by atoms with Crippen LogP contribution >= 0.6 is 11.6 Å². The normalized spacial score (nSPS) is 16.5. The predicted octanol–water partition coefficient (Wildman–Crippen LogP) is 5.40. The van der Waals surface area contributed by atoms with Gasteiger partial charge in [-0.05, 0) is 42.0 Å². The van der Waals surface area contributed by atoms with E-state index in [2.05, 4.69) is 4.57 Å². The second-order valence-corrected chi connectivity index (χ2v) is 7.96. The zero-order valence-corrected chi connectivity index (χ0v) is 16.9. The molecule has 2 heterocycles.